The zero-order chi connectivity index (χ0) is 44.7. The molecule has 0 aliphatic heterocycles. The van der Waals surface area contributed by atoms with E-state index in [4.69, 9.17) is 9.47 Å². The molecule has 0 saturated carbocycles. The Bertz CT molecular complexity index is 1510. The van der Waals surface area contributed by atoms with E-state index in [2.05, 4.69) is 145 Å². The predicted molar refractivity (Wildman–Crippen MR) is 259 cm³/mol. The number of phenolic OH excluding ortho intramolecular Hbond substituents is 2. The van der Waals surface area contributed by atoms with E-state index in [-0.39, 0.29) is 33.9 Å². The highest BCUT2D eigenvalue weighted by molar-refractivity contribution is 5.53. The number of benzene rings is 3. The van der Waals surface area contributed by atoms with Gasteiger partial charge in [0.1, 0.15) is 35.2 Å². The Morgan fingerprint density at radius 2 is 0.650 bits per heavy atom. The lowest BCUT2D eigenvalue weighted by molar-refractivity contribution is 0.166. The van der Waals surface area contributed by atoms with Crippen molar-refractivity contribution in [2.45, 2.75) is 246 Å². The number of unbranched alkanes of at least 4 members (excludes halogenated alkanes) is 14. The van der Waals surface area contributed by atoms with Crippen molar-refractivity contribution in [3.63, 3.8) is 0 Å². The van der Waals surface area contributed by atoms with Crippen LogP contribution in [0.3, 0.4) is 0 Å². The average molecular weight is 827 g/mol. The minimum Gasteiger partial charge on any atom is -0.507 e. The van der Waals surface area contributed by atoms with Crippen molar-refractivity contribution in [1.29, 1.82) is 0 Å². The quantitative estimate of drug-likeness (QED) is 0.0883. The molecule has 0 aliphatic carbocycles. The van der Waals surface area contributed by atoms with E-state index in [1.165, 1.54) is 101 Å². The topological polar surface area (TPSA) is 58.9 Å². The van der Waals surface area contributed by atoms with Crippen LogP contribution in [-0.2, 0) is 21.7 Å². The Hall–Kier alpha value is -3.14. The summed E-state index contributed by atoms with van der Waals surface area (Å²) in [7, 11) is 0. The standard InChI is InChI=1S/C56H90O4/c1-15-17-19-21-23-25-27-29-35-49(59-41-37-45(53(3,4)5)51(57)46(38-41)54(6,7)8)43-33-31-32-34-44(43)50(36-30-28-26-24-22-20-18-16-2)60-42-39-47(55(9,10)11)52(58)48(40-42)56(12,13)14/h31-34,37-40,49-50,57-58H,15-30,35-36H2,1-14H3. The molecule has 3 aromatic rings. The molecule has 60 heavy (non-hydrogen) atoms. The molecule has 4 heteroatoms. The average Bonchev–Trinajstić information content (AvgIpc) is 3.15. The third kappa shape index (κ3) is 16.0. The van der Waals surface area contributed by atoms with Gasteiger partial charge in [0.2, 0.25) is 0 Å². The first-order valence-corrected chi connectivity index (χ1v) is 24.3. The summed E-state index contributed by atoms with van der Waals surface area (Å²) in [5.74, 6) is 2.37. The van der Waals surface area contributed by atoms with Crippen molar-refractivity contribution < 1.29 is 19.7 Å². The van der Waals surface area contributed by atoms with Gasteiger partial charge in [0.05, 0.1) is 0 Å². The number of hydrogen-bond donors (Lipinski definition) is 2. The summed E-state index contributed by atoms with van der Waals surface area (Å²) < 4.78 is 14.5. The zero-order valence-corrected chi connectivity index (χ0v) is 41.2. The Morgan fingerprint density at radius 1 is 0.400 bits per heavy atom. The van der Waals surface area contributed by atoms with Crippen LogP contribution in [0.1, 0.15) is 258 Å². The van der Waals surface area contributed by atoms with Crippen molar-refractivity contribution in [1.82, 2.24) is 0 Å². The summed E-state index contributed by atoms with van der Waals surface area (Å²) in [4.78, 5) is 0. The molecule has 0 bridgehead atoms. The zero-order valence-electron chi connectivity index (χ0n) is 41.2. The van der Waals surface area contributed by atoms with Gasteiger partial charge in [-0.3, -0.25) is 0 Å². The predicted octanol–water partition coefficient (Wildman–Crippen LogP) is 17.6. The summed E-state index contributed by atoms with van der Waals surface area (Å²) in [6, 6.07) is 17.2. The molecule has 0 fully saturated rings. The summed E-state index contributed by atoms with van der Waals surface area (Å²) >= 11 is 0. The van der Waals surface area contributed by atoms with Crippen LogP contribution in [0.2, 0.25) is 0 Å². The van der Waals surface area contributed by atoms with Crippen LogP contribution in [0.15, 0.2) is 48.5 Å². The third-order valence-corrected chi connectivity index (χ3v) is 12.3. The van der Waals surface area contributed by atoms with E-state index in [0.29, 0.717) is 11.5 Å². The molecule has 0 spiro atoms. The van der Waals surface area contributed by atoms with E-state index >= 15 is 0 Å². The fourth-order valence-corrected chi connectivity index (χ4v) is 8.55. The van der Waals surface area contributed by atoms with E-state index in [9.17, 15) is 10.2 Å². The van der Waals surface area contributed by atoms with Crippen LogP contribution in [0.25, 0.3) is 0 Å². The van der Waals surface area contributed by atoms with Crippen LogP contribution < -0.4 is 9.47 Å². The minimum absolute atomic E-state index is 0.189. The molecule has 2 N–H and O–H groups in total. The van der Waals surface area contributed by atoms with Crippen LogP contribution in [0.4, 0.5) is 0 Å². The van der Waals surface area contributed by atoms with Crippen LogP contribution in [0.5, 0.6) is 23.0 Å². The van der Waals surface area contributed by atoms with E-state index in [0.717, 1.165) is 59.4 Å². The summed E-state index contributed by atoms with van der Waals surface area (Å²) in [6.45, 7) is 30.5. The van der Waals surface area contributed by atoms with Gasteiger partial charge in [-0.05, 0) is 82.7 Å². The summed E-state index contributed by atoms with van der Waals surface area (Å²) in [5.41, 5.74) is 4.98. The second-order valence-corrected chi connectivity index (χ2v) is 22.1. The van der Waals surface area contributed by atoms with Gasteiger partial charge < -0.3 is 19.7 Å². The summed E-state index contributed by atoms with van der Waals surface area (Å²) in [5, 5.41) is 23.2. The lowest BCUT2D eigenvalue weighted by Gasteiger charge is -2.31. The van der Waals surface area contributed by atoms with Gasteiger partial charge in [-0.15, -0.1) is 0 Å². The Kier molecular flexibility index (Phi) is 19.9. The Balaban J connectivity index is 2.14. The lowest BCUT2D eigenvalue weighted by Crippen LogP contribution is -2.20. The molecule has 0 heterocycles. The van der Waals surface area contributed by atoms with Crippen LogP contribution >= 0.6 is 0 Å². The number of aromatic hydroxyl groups is 2. The van der Waals surface area contributed by atoms with Gasteiger partial charge in [-0.25, -0.2) is 0 Å². The van der Waals surface area contributed by atoms with Crippen molar-refractivity contribution in [3.8, 4) is 23.0 Å². The lowest BCUT2D eigenvalue weighted by atomic mass is 9.79. The molecule has 0 aromatic heterocycles. The number of hydrogen-bond acceptors (Lipinski definition) is 4. The highest BCUT2D eigenvalue weighted by Gasteiger charge is 2.31. The van der Waals surface area contributed by atoms with Crippen molar-refractivity contribution in [2.75, 3.05) is 0 Å². The molecule has 0 aliphatic rings. The fourth-order valence-electron chi connectivity index (χ4n) is 8.55. The van der Waals surface area contributed by atoms with Gasteiger partial charge in [0.25, 0.3) is 0 Å². The van der Waals surface area contributed by atoms with E-state index in [1.807, 2.05) is 0 Å². The maximum atomic E-state index is 11.6. The van der Waals surface area contributed by atoms with Gasteiger partial charge in [0.15, 0.2) is 0 Å². The molecule has 338 valence electrons. The second kappa shape index (κ2) is 23.3. The Labute approximate surface area is 369 Å². The van der Waals surface area contributed by atoms with Crippen molar-refractivity contribution in [2.24, 2.45) is 0 Å². The van der Waals surface area contributed by atoms with E-state index < -0.39 is 0 Å². The highest BCUT2D eigenvalue weighted by atomic mass is 16.5. The molecule has 2 atom stereocenters. The molecule has 3 aromatic carbocycles. The molecule has 0 saturated heterocycles. The smallest absolute Gasteiger partial charge is 0.124 e. The first-order valence-electron chi connectivity index (χ1n) is 24.3. The number of ether oxygens (including phenoxy) is 2. The fraction of sp³-hybridized carbons (Fsp3) is 0.679. The molecule has 4 nitrogen and oxygen atoms in total. The molecular formula is C56H90O4. The van der Waals surface area contributed by atoms with Gasteiger partial charge >= 0.3 is 0 Å². The largest absolute Gasteiger partial charge is 0.507 e. The van der Waals surface area contributed by atoms with Crippen molar-refractivity contribution in [3.05, 3.63) is 81.9 Å². The molecule has 3 rings (SSSR count). The molecular weight excluding hydrogens is 737 g/mol. The second-order valence-electron chi connectivity index (χ2n) is 22.1. The Morgan fingerprint density at radius 3 is 0.900 bits per heavy atom. The van der Waals surface area contributed by atoms with Gasteiger partial charge in [-0.1, -0.05) is 211 Å². The number of rotatable bonds is 24. The van der Waals surface area contributed by atoms with E-state index in [1.54, 1.807) is 0 Å². The number of phenols is 2. The highest BCUT2D eigenvalue weighted by Crippen LogP contribution is 2.46. The SMILES string of the molecule is CCCCCCCCCCC(Oc1cc(C(C)(C)C)c(O)c(C(C)(C)C)c1)c1ccccc1C(CCCCCCCCCC)Oc1cc(C(C)(C)C)c(O)c(C(C)(C)C)c1. The molecule has 0 amide bonds. The summed E-state index contributed by atoms with van der Waals surface area (Å²) in [6.07, 6.45) is 21.5. The van der Waals surface area contributed by atoms with Crippen molar-refractivity contribution >= 4 is 0 Å². The van der Waals surface area contributed by atoms with Gasteiger partial charge in [0, 0.05) is 22.3 Å². The molecule has 0 radical (unpaired) electrons. The normalized spacial score (nSPS) is 13.7. The maximum Gasteiger partial charge on any atom is 0.124 e. The first kappa shape index (κ1) is 51.2. The molecule has 2 unspecified atom stereocenters. The minimum atomic E-state index is -0.258. The first-order chi connectivity index (χ1) is 28.1. The van der Waals surface area contributed by atoms with Gasteiger partial charge in [-0.2, -0.15) is 0 Å². The van der Waals surface area contributed by atoms with Crippen LogP contribution in [-0.4, -0.2) is 10.2 Å². The van der Waals surface area contributed by atoms with Crippen LogP contribution in [0, 0.1) is 0 Å². The monoisotopic (exact) mass is 827 g/mol. The maximum absolute atomic E-state index is 11.6. The third-order valence-electron chi connectivity index (χ3n) is 12.3.